The molecule has 2 aliphatic rings. The van der Waals surface area contributed by atoms with E-state index in [9.17, 15) is 4.79 Å². The molecule has 1 saturated carbocycles. The van der Waals surface area contributed by atoms with Gasteiger partial charge < -0.3 is 9.64 Å². The second kappa shape index (κ2) is 6.35. The van der Waals surface area contributed by atoms with E-state index in [1.165, 1.54) is 32.1 Å². The molecule has 0 aromatic heterocycles. The highest BCUT2D eigenvalue weighted by molar-refractivity contribution is 7.98. The summed E-state index contributed by atoms with van der Waals surface area (Å²) in [4.78, 5) is 13.6. The van der Waals surface area contributed by atoms with Crippen LogP contribution in [0, 0.1) is 0 Å². The first-order chi connectivity index (χ1) is 7.86. The van der Waals surface area contributed by atoms with Crippen LogP contribution < -0.4 is 4.72 Å². The third kappa shape index (κ3) is 3.56. The molecule has 2 fully saturated rings. The average molecular weight is 244 g/mol. The Hall–Kier alpha value is -0.420. The van der Waals surface area contributed by atoms with Crippen molar-refractivity contribution < 1.29 is 9.53 Å². The van der Waals surface area contributed by atoms with E-state index >= 15 is 0 Å². The molecular weight excluding hydrogens is 224 g/mol. The Morgan fingerprint density at radius 1 is 1.19 bits per heavy atom. The number of rotatable bonds is 2. The third-order valence-electron chi connectivity index (χ3n) is 3.16. The zero-order valence-corrected chi connectivity index (χ0v) is 10.4. The van der Waals surface area contributed by atoms with Crippen molar-refractivity contribution in [2.45, 2.75) is 37.4 Å². The fourth-order valence-electron chi connectivity index (χ4n) is 2.15. The summed E-state index contributed by atoms with van der Waals surface area (Å²) in [5.41, 5.74) is 0. The molecule has 1 aliphatic carbocycles. The van der Waals surface area contributed by atoms with E-state index in [2.05, 4.69) is 4.72 Å². The topological polar surface area (TPSA) is 41.6 Å². The summed E-state index contributed by atoms with van der Waals surface area (Å²) >= 11 is 1.62. The van der Waals surface area contributed by atoms with Gasteiger partial charge in [-0.2, -0.15) is 0 Å². The van der Waals surface area contributed by atoms with Gasteiger partial charge in [-0.1, -0.05) is 19.3 Å². The van der Waals surface area contributed by atoms with Gasteiger partial charge in [0.05, 0.1) is 13.2 Å². The maximum atomic E-state index is 11.8. The van der Waals surface area contributed by atoms with Crippen molar-refractivity contribution in [1.29, 1.82) is 0 Å². The lowest BCUT2D eigenvalue weighted by Crippen LogP contribution is -2.44. The maximum Gasteiger partial charge on any atom is 0.327 e. The Balaban J connectivity index is 1.65. The zero-order valence-electron chi connectivity index (χ0n) is 9.61. The van der Waals surface area contributed by atoms with Crippen molar-refractivity contribution in [2.24, 2.45) is 0 Å². The molecule has 0 aromatic rings. The Morgan fingerprint density at radius 3 is 2.56 bits per heavy atom. The van der Waals surface area contributed by atoms with Gasteiger partial charge in [0.1, 0.15) is 0 Å². The molecular formula is C11H20N2O2S. The molecule has 0 atom stereocenters. The molecule has 2 amide bonds. The summed E-state index contributed by atoms with van der Waals surface area (Å²) in [6, 6.07) is 0.0545. The van der Waals surface area contributed by atoms with Crippen molar-refractivity contribution in [2.75, 3.05) is 26.3 Å². The lowest BCUT2D eigenvalue weighted by atomic mass is 10.0. The first kappa shape index (κ1) is 12.0. The molecule has 16 heavy (non-hydrogen) atoms. The minimum Gasteiger partial charge on any atom is -0.378 e. The number of urea groups is 1. The maximum absolute atomic E-state index is 11.8. The molecule has 0 radical (unpaired) electrons. The Morgan fingerprint density at radius 2 is 1.88 bits per heavy atom. The Labute approximate surface area is 101 Å². The highest BCUT2D eigenvalue weighted by Gasteiger charge is 2.19. The van der Waals surface area contributed by atoms with Gasteiger partial charge in [-0.3, -0.25) is 4.72 Å². The molecule has 1 aliphatic heterocycles. The van der Waals surface area contributed by atoms with Gasteiger partial charge in [0.25, 0.3) is 0 Å². The highest BCUT2D eigenvalue weighted by Crippen LogP contribution is 2.26. The van der Waals surface area contributed by atoms with E-state index in [1.54, 1.807) is 11.9 Å². The molecule has 2 rings (SSSR count). The quantitative estimate of drug-likeness (QED) is 0.756. The van der Waals surface area contributed by atoms with E-state index in [0.29, 0.717) is 18.5 Å². The first-order valence-electron chi connectivity index (χ1n) is 6.14. The first-order valence-corrected chi connectivity index (χ1v) is 7.02. The SMILES string of the molecule is O=C(NSC1CCCCC1)N1CCOCC1. The van der Waals surface area contributed by atoms with Gasteiger partial charge in [0.2, 0.25) is 0 Å². The molecule has 5 heteroatoms. The van der Waals surface area contributed by atoms with Gasteiger partial charge in [-0.05, 0) is 24.8 Å². The van der Waals surface area contributed by atoms with E-state index in [0.717, 1.165) is 13.1 Å². The number of hydrogen-bond donors (Lipinski definition) is 1. The van der Waals surface area contributed by atoms with E-state index in [4.69, 9.17) is 4.74 Å². The highest BCUT2D eigenvalue weighted by atomic mass is 32.2. The monoisotopic (exact) mass is 244 g/mol. The van der Waals surface area contributed by atoms with Gasteiger partial charge in [0, 0.05) is 18.3 Å². The number of nitrogens with one attached hydrogen (secondary N) is 1. The van der Waals surface area contributed by atoms with Crippen LogP contribution in [0.5, 0.6) is 0 Å². The van der Waals surface area contributed by atoms with Gasteiger partial charge in [-0.25, -0.2) is 4.79 Å². The van der Waals surface area contributed by atoms with Crippen LogP contribution in [0.1, 0.15) is 32.1 Å². The van der Waals surface area contributed by atoms with Crippen molar-refractivity contribution in [1.82, 2.24) is 9.62 Å². The summed E-state index contributed by atoms with van der Waals surface area (Å²) in [6.45, 7) is 2.77. The third-order valence-corrected chi connectivity index (χ3v) is 4.26. The van der Waals surface area contributed by atoms with Gasteiger partial charge >= 0.3 is 6.03 Å². The number of carbonyl (C=O) groups excluding carboxylic acids is 1. The fraction of sp³-hybridized carbons (Fsp3) is 0.909. The van der Waals surface area contributed by atoms with Gasteiger partial charge in [0.15, 0.2) is 0 Å². The molecule has 0 bridgehead atoms. The number of amides is 2. The molecule has 4 nitrogen and oxygen atoms in total. The molecule has 1 saturated heterocycles. The van der Waals surface area contributed by atoms with Crippen LogP contribution in [0.4, 0.5) is 4.79 Å². The smallest absolute Gasteiger partial charge is 0.327 e. The summed E-state index contributed by atoms with van der Waals surface area (Å²) in [6.07, 6.45) is 6.47. The summed E-state index contributed by atoms with van der Waals surface area (Å²) in [5.74, 6) is 0. The number of nitrogens with zero attached hydrogens (tertiary/aromatic N) is 1. The van der Waals surface area contributed by atoms with Crippen LogP contribution >= 0.6 is 11.9 Å². The molecule has 92 valence electrons. The zero-order chi connectivity index (χ0) is 11.2. The lowest BCUT2D eigenvalue weighted by Gasteiger charge is -2.28. The van der Waals surface area contributed by atoms with Crippen LogP contribution in [0.25, 0.3) is 0 Å². The fourth-order valence-corrected chi connectivity index (χ4v) is 3.11. The van der Waals surface area contributed by atoms with Crippen molar-refractivity contribution in [3.05, 3.63) is 0 Å². The van der Waals surface area contributed by atoms with Crippen molar-refractivity contribution >= 4 is 18.0 Å². The predicted octanol–water partition coefficient (Wildman–Crippen LogP) is 2.01. The number of carbonyl (C=O) groups is 1. The normalized spacial score (nSPS) is 23.1. The average Bonchev–Trinajstić information content (AvgIpc) is 2.38. The van der Waals surface area contributed by atoms with Crippen LogP contribution in [-0.4, -0.2) is 42.5 Å². The minimum absolute atomic E-state index is 0.0545. The van der Waals surface area contributed by atoms with Crippen LogP contribution in [0.15, 0.2) is 0 Å². The number of ether oxygens (including phenoxy) is 1. The molecule has 1 N–H and O–H groups in total. The van der Waals surface area contributed by atoms with Gasteiger partial charge in [-0.15, -0.1) is 0 Å². The minimum atomic E-state index is 0.0545. The summed E-state index contributed by atoms with van der Waals surface area (Å²) in [5, 5.41) is 0.624. The summed E-state index contributed by atoms with van der Waals surface area (Å²) in [7, 11) is 0. The molecule has 1 heterocycles. The standard InChI is InChI=1S/C11H20N2O2S/c14-11(13-6-8-15-9-7-13)12-16-10-4-2-1-3-5-10/h10H,1-9H2,(H,12,14). The van der Waals surface area contributed by atoms with E-state index in [1.807, 2.05) is 4.90 Å². The number of morpholine rings is 1. The predicted molar refractivity (Wildman–Crippen MR) is 65.4 cm³/mol. The molecule has 0 aromatic carbocycles. The second-order valence-corrected chi connectivity index (χ2v) is 5.49. The Kier molecular flexibility index (Phi) is 4.78. The van der Waals surface area contributed by atoms with Crippen LogP contribution in [0.3, 0.4) is 0 Å². The van der Waals surface area contributed by atoms with E-state index < -0.39 is 0 Å². The second-order valence-electron chi connectivity index (χ2n) is 4.38. The molecule has 0 unspecified atom stereocenters. The van der Waals surface area contributed by atoms with Crippen LogP contribution in [-0.2, 0) is 4.74 Å². The van der Waals surface area contributed by atoms with Crippen molar-refractivity contribution in [3.8, 4) is 0 Å². The number of hydrogen-bond acceptors (Lipinski definition) is 3. The van der Waals surface area contributed by atoms with Crippen molar-refractivity contribution in [3.63, 3.8) is 0 Å². The summed E-state index contributed by atoms with van der Waals surface area (Å²) < 4.78 is 8.19. The lowest BCUT2D eigenvalue weighted by molar-refractivity contribution is 0.0546. The Bertz CT molecular complexity index is 226. The van der Waals surface area contributed by atoms with E-state index in [-0.39, 0.29) is 6.03 Å². The van der Waals surface area contributed by atoms with Crippen LogP contribution in [0.2, 0.25) is 0 Å². The largest absolute Gasteiger partial charge is 0.378 e. The molecule has 0 spiro atoms.